The minimum atomic E-state index is -0.844. The van der Waals surface area contributed by atoms with E-state index in [2.05, 4.69) is 5.32 Å². The van der Waals surface area contributed by atoms with Crippen molar-refractivity contribution in [3.63, 3.8) is 0 Å². The highest BCUT2D eigenvalue weighted by Gasteiger charge is 2.07. The van der Waals surface area contributed by atoms with Crippen LogP contribution in [-0.4, -0.2) is 23.1 Å². The molecule has 0 rings (SSSR count). The van der Waals surface area contributed by atoms with Crippen LogP contribution in [0.15, 0.2) is 0 Å². The molecule has 0 fully saturated rings. The van der Waals surface area contributed by atoms with Crippen LogP contribution in [0.2, 0.25) is 0 Å². The summed E-state index contributed by atoms with van der Waals surface area (Å²) in [6.07, 6.45) is 0.407. The van der Waals surface area contributed by atoms with Gasteiger partial charge in [-0.3, -0.25) is 4.79 Å². The standard InChI is InChI=1S/C8H17NO2/c1-8(2,3)9-6-4-5-7(10)11/h9H,4-6H2,1-3H3,(H,10,11)/i6D. The van der Waals surface area contributed by atoms with Crippen LogP contribution in [-0.2, 0) is 4.79 Å². The van der Waals surface area contributed by atoms with Crippen LogP contribution in [0.3, 0.4) is 0 Å². The van der Waals surface area contributed by atoms with Crippen LogP contribution in [0.1, 0.15) is 35.0 Å². The maximum Gasteiger partial charge on any atom is 0.303 e. The molecular weight excluding hydrogens is 142 g/mol. The molecule has 0 aliphatic heterocycles. The fourth-order valence-corrected chi connectivity index (χ4v) is 0.574. The lowest BCUT2D eigenvalue weighted by Gasteiger charge is -2.19. The second kappa shape index (κ2) is 4.34. The number of hydrogen-bond donors (Lipinski definition) is 2. The number of carboxylic acid groups (broad SMARTS) is 1. The summed E-state index contributed by atoms with van der Waals surface area (Å²) in [6, 6.07) is 0. The molecule has 0 bridgehead atoms. The molecule has 3 heteroatoms. The molecule has 0 saturated carbocycles. The Kier molecular flexibility index (Phi) is 3.36. The summed E-state index contributed by atoms with van der Waals surface area (Å²) < 4.78 is 7.45. The molecular formula is C8H17NO2. The second-order valence-electron chi connectivity index (χ2n) is 3.53. The summed E-state index contributed by atoms with van der Waals surface area (Å²) in [5, 5.41) is 11.3. The average Bonchev–Trinajstić information content (AvgIpc) is 1.79. The third kappa shape index (κ3) is 9.43. The number of nitrogens with one attached hydrogen (secondary N) is 1. The van der Waals surface area contributed by atoms with Crippen molar-refractivity contribution >= 4 is 5.97 Å². The first-order chi connectivity index (χ1) is 5.31. The molecule has 1 unspecified atom stereocenters. The molecule has 1 atom stereocenters. The normalized spacial score (nSPS) is 15.7. The number of rotatable bonds is 4. The highest BCUT2D eigenvalue weighted by molar-refractivity contribution is 5.66. The van der Waals surface area contributed by atoms with Gasteiger partial charge in [0.2, 0.25) is 0 Å². The molecule has 0 aliphatic rings. The maximum atomic E-state index is 10.2. The Morgan fingerprint density at radius 2 is 2.18 bits per heavy atom. The zero-order valence-corrected chi connectivity index (χ0v) is 7.35. The number of hydrogen-bond acceptors (Lipinski definition) is 2. The lowest BCUT2D eigenvalue weighted by atomic mass is 10.1. The van der Waals surface area contributed by atoms with Gasteiger partial charge in [-0.05, 0) is 33.7 Å². The molecule has 2 N–H and O–H groups in total. The van der Waals surface area contributed by atoms with Crippen molar-refractivity contribution in [1.29, 1.82) is 0 Å². The van der Waals surface area contributed by atoms with Gasteiger partial charge < -0.3 is 10.4 Å². The van der Waals surface area contributed by atoms with E-state index in [0.717, 1.165) is 0 Å². The second-order valence-corrected chi connectivity index (χ2v) is 3.53. The van der Waals surface area contributed by atoms with Gasteiger partial charge in [-0.25, -0.2) is 0 Å². The van der Waals surface area contributed by atoms with Crippen molar-refractivity contribution < 1.29 is 11.3 Å². The monoisotopic (exact) mass is 160 g/mol. The molecule has 11 heavy (non-hydrogen) atoms. The third-order valence-corrected chi connectivity index (χ3v) is 1.04. The average molecular weight is 160 g/mol. The number of carboxylic acids is 1. The first-order valence-electron chi connectivity index (χ1n) is 4.31. The molecule has 0 radical (unpaired) electrons. The Hall–Kier alpha value is -0.570. The van der Waals surface area contributed by atoms with Gasteiger partial charge in [-0.15, -0.1) is 0 Å². The van der Waals surface area contributed by atoms with Crippen LogP contribution in [0.4, 0.5) is 0 Å². The van der Waals surface area contributed by atoms with E-state index in [4.69, 9.17) is 6.48 Å². The SMILES string of the molecule is [2H]C(CCC(=O)O)NC(C)(C)C. The van der Waals surface area contributed by atoms with E-state index in [0.29, 0.717) is 6.42 Å². The summed E-state index contributed by atoms with van der Waals surface area (Å²) in [7, 11) is 0. The zero-order chi connectivity index (χ0) is 9.78. The van der Waals surface area contributed by atoms with E-state index in [1.807, 2.05) is 20.8 Å². The summed E-state index contributed by atoms with van der Waals surface area (Å²) in [5.74, 6) is -0.844. The third-order valence-electron chi connectivity index (χ3n) is 1.04. The molecule has 3 nitrogen and oxygen atoms in total. The molecule has 0 aromatic heterocycles. The number of carbonyl (C=O) groups is 1. The van der Waals surface area contributed by atoms with Crippen molar-refractivity contribution in [2.75, 3.05) is 6.52 Å². The first-order valence-corrected chi connectivity index (χ1v) is 3.73. The molecule has 0 amide bonds. The Balaban J connectivity index is 3.60. The molecule has 66 valence electrons. The molecule has 0 aromatic carbocycles. The molecule has 0 heterocycles. The topological polar surface area (TPSA) is 49.3 Å². The van der Waals surface area contributed by atoms with Crippen molar-refractivity contribution in [1.82, 2.24) is 5.32 Å². The Bertz CT molecular complexity index is 154. The van der Waals surface area contributed by atoms with Crippen LogP contribution >= 0.6 is 0 Å². The molecule has 0 aliphatic carbocycles. The van der Waals surface area contributed by atoms with Crippen LogP contribution in [0, 0.1) is 0 Å². The zero-order valence-electron chi connectivity index (χ0n) is 8.35. The lowest BCUT2D eigenvalue weighted by molar-refractivity contribution is -0.137. The van der Waals surface area contributed by atoms with Gasteiger partial charge in [-0.1, -0.05) is 0 Å². The quantitative estimate of drug-likeness (QED) is 0.650. The predicted octanol–water partition coefficient (Wildman–Crippen LogP) is 1.24. The predicted molar refractivity (Wildman–Crippen MR) is 44.6 cm³/mol. The Labute approximate surface area is 69.2 Å². The number of aliphatic carboxylic acids is 1. The van der Waals surface area contributed by atoms with Crippen LogP contribution in [0.5, 0.6) is 0 Å². The van der Waals surface area contributed by atoms with Gasteiger partial charge >= 0.3 is 5.97 Å². The van der Waals surface area contributed by atoms with Crippen molar-refractivity contribution in [2.24, 2.45) is 0 Å². The highest BCUT2D eigenvalue weighted by Crippen LogP contribution is 1.98. The van der Waals surface area contributed by atoms with Gasteiger partial charge in [0.05, 0.1) is 0 Å². The van der Waals surface area contributed by atoms with Gasteiger partial charge in [0.1, 0.15) is 0 Å². The fourth-order valence-electron chi connectivity index (χ4n) is 0.574. The van der Waals surface area contributed by atoms with E-state index in [9.17, 15) is 4.79 Å². The minimum absolute atomic E-state index is 0.0528. The van der Waals surface area contributed by atoms with E-state index in [1.165, 1.54) is 0 Å². The Morgan fingerprint density at radius 1 is 1.64 bits per heavy atom. The van der Waals surface area contributed by atoms with E-state index < -0.39 is 12.5 Å². The van der Waals surface area contributed by atoms with E-state index in [-0.39, 0.29) is 12.0 Å². The largest absolute Gasteiger partial charge is 0.481 e. The summed E-state index contributed by atoms with van der Waals surface area (Å²) >= 11 is 0. The van der Waals surface area contributed by atoms with E-state index >= 15 is 0 Å². The molecule has 0 spiro atoms. The van der Waals surface area contributed by atoms with Crippen LogP contribution < -0.4 is 5.32 Å². The van der Waals surface area contributed by atoms with Gasteiger partial charge in [-0.2, -0.15) is 0 Å². The fraction of sp³-hybridized carbons (Fsp3) is 0.875. The highest BCUT2D eigenvalue weighted by atomic mass is 16.4. The molecule has 0 aromatic rings. The first kappa shape index (κ1) is 8.53. The lowest BCUT2D eigenvalue weighted by Crippen LogP contribution is -2.36. The van der Waals surface area contributed by atoms with Crippen molar-refractivity contribution in [3.8, 4) is 0 Å². The van der Waals surface area contributed by atoms with Gasteiger partial charge in [0, 0.05) is 13.3 Å². The molecule has 0 saturated heterocycles. The Morgan fingerprint density at radius 3 is 2.55 bits per heavy atom. The van der Waals surface area contributed by atoms with Gasteiger partial charge in [0.15, 0.2) is 0 Å². The minimum Gasteiger partial charge on any atom is -0.481 e. The van der Waals surface area contributed by atoms with Gasteiger partial charge in [0.25, 0.3) is 0 Å². The van der Waals surface area contributed by atoms with Crippen molar-refractivity contribution in [3.05, 3.63) is 0 Å². The summed E-state index contributed by atoms with van der Waals surface area (Å²) in [5.41, 5.74) is -0.120. The summed E-state index contributed by atoms with van der Waals surface area (Å²) in [6.45, 7) is 5.38. The van der Waals surface area contributed by atoms with Crippen molar-refractivity contribution in [2.45, 2.75) is 39.2 Å². The van der Waals surface area contributed by atoms with E-state index in [1.54, 1.807) is 0 Å². The maximum absolute atomic E-state index is 10.2. The smallest absolute Gasteiger partial charge is 0.303 e. The van der Waals surface area contributed by atoms with Crippen LogP contribution in [0.25, 0.3) is 0 Å². The summed E-state index contributed by atoms with van der Waals surface area (Å²) in [4.78, 5) is 10.2.